The zero-order valence-corrected chi connectivity index (χ0v) is 13.7. The van der Waals surface area contributed by atoms with Crippen molar-refractivity contribution in [1.29, 1.82) is 0 Å². The van der Waals surface area contributed by atoms with E-state index in [9.17, 15) is 14.3 Å². The van der Waals surface area contributed by atoms with E-state index in [-0.39, 0.29) is 23.7 Å². The van der Waals surface area contributed by atoms with Crippen LogP contribution in [0.3, 0.4) is 0 Å². The van der Waals surface area contributed by atoms with Crippen LogP contribution in [-0.2, 0) is 0 Å². The fourth-order valence-corrected chi connectivity index (χ4v) is 3.81. The third-order valence-electron chi connectivity index (χ3n) is 4.30. The largest absolute Gasteiger partial charge is 0.393 e. The van der Waals surface area contributed by atoms with Crippen molar-refractivity contribution in [2.24, 2.45) is 5.92 Å². The number of thiazole rings is 1. The Morgan fingerprint density at radius 2 is 2.22 bits per heavy atom. The molecule has 1 N–H and O–H groups in total. The smallest absolute Gasteiger partial charge is 0.273 e. The van der Waals surface area contributed by atoms with Gasteiger partial charge in [0.1, 0.15) is 16.5 Å². The van der Waals surface area contributed by atoms with Crippen molar-refractivity contribution < 1.29 is 14.3 Å². The van der Waals surface area contributed by atoms with Gasteiger partial charge in [-0.05, 0) is 25.0 Å². The zero-order valence-electron chi connectivity index (χ0n) is 12.9. The minimum Gasteiger partial charge on any atom is -0.393 e. The average Bonchev–Trinajstić information content (AvgIpc) is 3.17. The number of aromatic nitrogens is 1. The van der Waals surface area contributed by atoms with E-state index in [0.29, 0.717) is 22.8 Å². The lowest BCUT2D eigenvalue weighted by Crippen LogP contribution is -2.34. The summed E-state index contributed by atoms with van der Waals surface area (Å²) in [5, 5.41) is 12.0. The van der Waals surface area contributed by atoms with E-state index in [1.165, 1.54) is 17.4 Å². The molecule has 23 heavy (non-hydrogen) atoms. The maximum atomic E-state index is 13.8. The van der Waals surface area contributed by atoms with E-state index in [0.717, 1.165) is 19.3 Å². The molecular weight excluding hydrogens is 315 g/mol. The maximum Gasteiger partial charge on any atom is 0.273 e. The minimum absolute atomic E-state index is 0.133. The second-order valence-electron chi connectivity index (χ2n) is 5.96. The molecule has 4 nitrogen and oxygen atoms in total. The molecule has 3 rings (SSSR count). The van der Waals surface area contributed by atoms with Crippen LogP contribution in [0.25, 0.3) is 10.6 Å². The van der Waals surface area contributed by atoms with Crippen molar-refractivity contribution in [3.63, 3.8) is 0 Å². The van der Waals surface area contributed by atoms with Crippen molar-refractivity contribution in [2.45, 2.75) is 25.4 Å². The van der Waals surface area contributed by atoms with Crippen LogP contribution in [0.2, 0.25) is 0 Å². The molecule has 1 heterocycles. The molecule has 0 saturated heterocycles. The lowest BCUT2D eigenvalue weighted by Gasteiger charge is -2.22. The summed E-state index contributed by atoms with van der Waals surface area (Å²) in [5.41, 5.74) is 0.730. The Bertz CT molecular complexity index is 703. The molecule has 2 unspecified atom stereocenters. The second-order valence-corrected chi connectivity index (χ2v) is 6.82. The summed E-state index contributed by atoms with van der Waals surface area (Å²) in [4.78, 5) is 18.3. The van der Waals surface area contributed by atoms with Crippen LogP contribution in [0.15, 0.2) is 29.6 Å². The minimum atomic E-state index is -0.344. The van der Waals surface area contributed by atoms with E-state index in [2.05, 4.69) is 4.98 Å². The van der Waals surface area contributed by atoms with Crippen LogP contribution in [0.4, 0.5) is 4.39 Å². The Morgan fingerprint density at radius 3 is 2.91 bits per heavy atom. The summed E-state index contributed by atoms with van der Waals surface area (Å²) in [6.45, 7) is 0.520. The van der Waals surface area contributed by atoms with Crippen LogP contribution >= 0.6 is 11.3 Å². The Hall–Kier alpha value is -1.79. The summed E-state index contributed by atoms with van der Waals surface area (Å²) in [6.07, 6.45) is 2.42. The van der Waals surface area contributed by atoms with E-state index in [4.69, 9.17) is 0 Å². The molecule has 1 aromatic carbocycles. The first kappa shape index (κ1) is 16.1. The first-order valence-electron chi connectivity index (χ1n) is 7.70. The maximum absolute atomic E-state index is 13.8. The molecular formula is C17H19FN2O2S. The lowest BCUT2D eigenvalue weighted by atomic mass is 10.1. The molecule has 0 aliphatic heterocycles. The highest BCUT2D eigenvalue weighted by atomic mass is 32.1. The van der Waals surface area contributed by atoms with Gasteiger partial charge in [0.2, 0.25) is 0 Å². The normalized spacial score (nSPS) is 20.7. The van der Waals surface area contributed by atoms with Gasteiger partial charge in [-0.15, -0.1) is 11.3 Å². The molecule has 1 fully saturated rings. The molecule has 122 valence electrons. The number of amides is 1. The molecule has 1 amide bonds. The van der Waals surface area contributed by atoms with Crippen molar-refractivity contribution in [3.8, 4) is 10.6 Å². The third-order valence-corrected chi connectivity index (χ3v) is 5.18. The van der Waals surface area contributed by atoms with Gasteiger partial charge >= 0.3 is 0 Å². The van der Waals surface area contributed by atoms with E-state index >= 15 is 0 Å². The zero-order chi connectivity index (χ0) is 16.4. The molecule has 0 radical (unpaired) electrons. The van der Waals surface area contributed by atoms with Crippen LogP contribution < -0.4 is 0 Å². The quantitative estimate of drug-likeness (QED) is 0.934. The topological polar surface area (TPSA) is 53.4 Å². The van der Waals surface area contributed by atoms with Crippen molar-refractivity contribution in [3.05, 3.63) is 41.2 Å². The number of carbonyl (C=O) groups excluding carboxylic acids is 1. The third kappa shape index (κ3) is 3.43. The molecule has 1 aliphatic rings. The Labute approximate surface area is 138 Å². The number of carbonyl (C=O) groups is 1. The molecule has 1 aliphatic carbocycles. The van der Waals surface area contributed by atoms with Crippen molar-refractivity contribution >= 4 is 17.2 Å². The summed E-state index contributed by atoms with van der Waals surface area (Å²) in [5.74, 6) is -0.403. The fraction of sp³-hybridized carbons (Fsp3) is 0.412. The summed E-state index contributed by atoms with van der Waals surface area (Å²) < 4.78 is 13.8. The molecule has 0 bridgehead atoms. The predicted molar refractivity (Wildman–Crippen MR) is 87.8 cm³/mol. The van der Waals surface area contributed by atoms with Gasteiger partial charge in [0, 0.05) is 30.5 Å². The van der Waals surface area contributed by atoms with Gasteiger partial charge in [0.25, 0.3) is 5.91 Å². The average molecular weight is 334 g/mol. The molecule has 2 atom stereocenters. The summed E-state index contributed by atoms with van der Waals surface area (Å²) in [7, 11) is 1.72. The number of nitrogens with zero attached hydrogens (tertiary/aromatic N) is 2. The first-order chi connectivity index (χ1) is 11.1. The van der Waals surface area contributed by atoms with Gasteiger partial charge < -0.3 is 10.0 Å². The molecule has 1 aromatic heterocycles. The monoisotopic (exact) mass is 334 g/mol. The Kier molecular flexibility index (Phi) is 4.73. The SMILES string of the molecule is CN(CC1CCCC1O)C(=O)c1csc(-c2ccccc2F)n1. The number of hydrogen-bond donors (Lipinski definition) is 1. The van der Waals surface area contributed by atoms with Gasteiger partial charge in [0.05, 0.1) is 6.10 Å². The lowest BCUT2D eigenvalue weighted by molar-refractivity contribution is 0.0689. The predicted octanol–water partition coefficient (Wildman–Crippen LogP) is 3.18. The molecule has 2 aromatic rings. The highest BCUT2D eigenvalue weighted by molar-refractivity contribution is 7.13. The summed E-state index contributed by atoms with van der Waals surface area (Å²) >= 11 is 1.26. The Morgan fingerprint density at radius 1 is 1.43 bits per heavy atom. The first-order valence-corrected chi connectivity index (χ1v) is 8.58. The van der Waals surface area contributed by atoms with Crippen molar-refractivity contribution in [1.82, 2.24) is 9.88 Å². The summed E-state index contributed by atoms with van der Waals surface area (Å²) in [6, 6.07) is 6.40. The number of rotatable bonds is 4. The number of aliphatic hydroxyl groups excluding tert-OH is 1. The van der Waals surface area contributed by atoms with Crippen LogP contribution in [0.5, 0.6) is 0 Å². The van der Waals surface area contributed by atoms with Gasteiger partial charge in [-0.1, -0.05) is 18.6 Å². The van der Waals surface area contributed by atoms with Gasteiger partial charge in [0.15, 0.2) is 0 Å². The van der Waals surface area contributed by atoms with Gasteiger partial charge in [-0.25, -0.2) is 9.37 Å². The second kappa shape index (κ2) is 6.76. The number of halogens is 1. The molecule has 0 spiro atoms. The highest BCUT2D eigenvalue weighted by Crippen LogP contribution is 2.28. The molecule has 1 saturated carbocycles. The van der Waals surface area contributed by atoms with Gasteiger partial charge in [-0.3, -0.25) is 4.79 Å². The standard InChI is InChI=1S/C17H19FN2O2S/c1-20(9-11-5-4-8-15(11)21)17(22)14-10-23-16(19-14)12-6-2-3-7-13(12)18/h2-3,6-7,10-11,15,21H,4-5,8-9H2,1H3. The van der Waals surface area contributed by atoms with Crippen LogP contribution in [-0.4, -0.2) is 40.6 Å². The van der Waals surface area contributed by atoms with E-state index in [1.54, 1.807) is 35.5 Å². The number of benzene rings is 1. The fourth-order valence-electron chi connectivity index (χ4n) is 2.99. The van der Waals surface area contributed by atoms with Crippen molar-refractivity contribution in [2.75, 3.05) is 13.6 Å². The van der Waals surface area contributed by atoms with E-state index < -0.39 is 0 Å². The molecule has 6 heteroatoms. The van der Waals surface area contributed by atoms with E-state index in [1.807, 2.05) is 0 Å². The number of hydrogen-bond acceptors (Lipinski definition) is 4. The Balaban J connectivity index is 1.72. The van der Waals surface area contributed by atoms with Gasteiger partial charge in [-0.2, -0.15) is 0 Å². The van der Waals surface area contributed by atoms with Crippen LogP contribution in [0, 0.1) is 11.7 Å². The van der Waals surface area contributed by atoms with Crippen LogP contribution in [0.1, 0.15) is 29.8 Å². The highest BCUT2D eigenvalue weighted by Gasteiger charge is 2.28. The number of aliphatic hydroxyl groups is 1.